The molecule has 3 aliphatic heterocycles. The van der Waals surface area contributed by atoms with E-state index in [4.69, 9.17) is 4.74 Å². The van der Waals surface area contributed by atoms with Gasteiger partial charge in [-0.3, -0.25) is 9.69 Å². The number of rotatable bonds is 5. The van der Waals surface area contributed by atoms with Crippen molar-refractivity contribution in [2.45, 2.75) is 31.8 Å². The van der Waals surface area contributed by atoms with Crippen LogP contribution in [-0.2, 0) is 11.3 Å². The van der Waals surface area contributed by atoms with Crippen LogP contribution in [0.3, 0.4) is 0 Å². The molecule has 3 aliphatic rings. The molecule has 1 aromatic rings. The van der Waals surface area contributed by atoms with Crippen LogP contribution in [0.5, 0.6) is 5.75 Å². The van der Waals surface area contributed by atoms with Crippen LogP contribution in [0, 0.1) is 0 Å². The zero-order valence-corrected chi connectivity index (χ0v) is 17.2. The van der Waals surface area contributed by atoms with Crippen molar-refractivity contribution in [3.05, 3.63) is 58.1 Å². The van der Waals surface area contributed by atoms with E-state index in [1.54, 1.807) is 24.5 Å². The van der Waals surface area contributed by atoms with E-state index in [1.807, 2.05) is 4.57 Å². The van der Waals surface area contributed by atoms with E-state index in [-0.39, 0.29) is 28.6 Å². The number of nitrogens with one attached hydrogen (secondary N) is 1. The number of benzene rings is 1. The van der Waals surface area contributed by atoms with Gasteiger partial charge in [0.2, 0.25) is 0 Å². The molecule has 1 aromatic carbocycles. The van der Waals surface area contributed by atoms with Gasteiger partial charge < -0.3 is 14.0 Å². The van der Waals surface area contributed by atoms with E-state index in [1.165, 1.54) is 19.2 Å². The van der Waals surface area contributed by atoms with Crippen LogP contribution < -0.4 is 10.3 Å². The van der Waals surface area contributed by atoms with Gasteiger partial charge in [0.1, 0.15) is 17.0 Å². The first-order valence-corrected chi connectivity index (χ1v) is 9.99. The van der Waals surface area contributed by atoms with Crippen molar-refractivity contribution in [1.29, 1.82) is 0 Å². The third-order valence-electron chi connectivity index (χ3n) is 5.53. The predicted octanol–water partition coefficient (Wildman–Crippen LogP) is 3.20. The van der Waals surface area contributed by atoms with Gasteiger partial charge in [0.15, 0.2) is 0 Å². The molecular formula is C21H21F3N4O4. The Labute approximate surface area is 180 Å². The summed E-state index contributed by atoms with van der Waals surface area (Å²) >= 11 is 0. The van der Waals surface area contributed by atoms with Gasteiger partial charge in [-0.15, -0.1) is 13.2 Å². The average Bonchev–Trinajstić information content (AvgIpc) is 3.14. The summed E-state index contributed by atoms with van der Waals surface area (Å²) in [6.07, 6.45) is 0.207. The number of alkyl halides is 3. The number of aromatic amines is 1. The number of carbonyl (C=O) groups is 1. The van der Waals surface area contributed by atoms with Crippen LogP contribution in [0.4, 0.5) is 13.2 Å². The number of halogens is 3. The summed E-state index contributed by atoms with van der Waals surface area (Å²) < 4.78 is 47.5. The lowest BCUT2D eigenvalue weighted by Gasteiger charge is -2.33. The molecule has 8 nitrogen and oxygen atoms in total. The van der Waals surface area contributed by atoms with Crippen LogP contribution in [0.1, 0.15) is 34.8 Å². The summed E-state index contributed by atoms with van der Waals surface area (Å²) in [5.74, 6) is -0.809. The quantitative estimate of drug-likeness (QED) is 0.601. The smallest absolute Gasteiger partial charge is 0.465 e. The Hall–Kier alpha value is -3.34. The number of carbonyl (C=O) groups excluding carboxylic acids is 1. The molecule has 32 heavy (non-hydrogen) atoms. The van der Waals surface area contributed by atoms with Crippen molar-refractivity contribution in [3.63, 3.8) is 0 Å². The number of nitrogens with zero attached hydrogens (tertiary/aromatic N) is 3. The lowest BCUT2D eigenvalue weighted by Crippen LogP contribution is -2.34. The highest BCUT2D eigenvalue weighted by Crippen LogP contribution is 2.29. The molecule has 0 bridgehead atoms. The zero-order valence-electron chi connectivity index (χ0n) is 17.2. The molecule has 0 aromatic heterocycles. The van der Waals surface area contributed by atoms with Crippen molar-refractivity contribution in [2.24, 2.45) is 0 Å². The van der Waals surface area contributed by atoms with E-state index >= 15 is 0 Å². The molecule has 0 amide bonds. The topological polar surface area (TPSA) is 89.5 Å². The second kappa shape index (κ2) is 8.65. The number of esters is 1. The minimum atomic E-state index is -4.71. The number of aromatic nitrogens is 3. The summed E-state index contributed by atoms with van der Waals surface area (Å²) in [6.45, 7) is 2.10. The molecule has 1 saturated heterocycles. The zero-order chi connectivity index (χ0) is 22.9. The molecule has 4 rings (SSSR count). The first kappa shape index (κ1) is 21.9. The number of pyridine rings is 1. The minimum Gasteiger partial charge on any atom is -0.465 e. The Morgan fingerprint density at radius 1 is 1.19 bits per heavy atom. The summed E-state index contributed by atoms with van der Waals surface area (Å²) in [6, 6.07) is 5.93. The first-order chi connectivity index (χ1) is 15.2. The maximum Gasteiger partial charge on any atom is 0.573 e. The number of hydrogen-bond acceptors (Lipinski definition) is 6. The van der Waals surface area contributed by atoms with Gasteiger partial charge in [-0.05, 0) is 30.5 Å². The van der Waals surface area contributed by atoms with Crippen molar-refractivity contribution in [2.75, 3.05) is 20.2 Å². The van der Waals surface area contributed by atoms with E-state index < -0.39 is 12.3 Å². The fourth-order valence-corrected chi connectivity index (χ4v) is 3.96. The third kappa shape index (κ3) is 4.77. The van der Waals surface area contributed by atoms with Crippen LogP contribution in [0.2, 0.25) is 0 Å². The SMILES string of the molecule is COC(=O)c1cn(C2CCN(Cc3ccc(OC(F)(F)F)cc3)CC2)cc2c(=O)[nH]nc1-2. The predicted molar refractivity (Wildman–Crippen MR) is 107 cm³/mol. The largest absolute Gasteiger partial charge is 0.573 e. The Morgan fingerprint density at radius 2 is 1.88 bits per heavy atom. The van der Waals surface area contributed by atoms with Crippen molar-refractivity contribution in [3.8, 4) is 17.0 Å². The van der Waals surface area contributed by atoms with Gasteiger partial charge in [0.05, 0.1) is 12.7 Å². The second-order valence-corrected chi connectivity index (χ2v) is 7.62. The van der Waals surface area contributed by atoms with E-state index in [9.17, 15) is 22.8 Å². The fourth-order valence-electron chi connectivity index (χ4n) is 3.96. The van der Waals surface area contributed by atoms with Crippen LogP contribution in [0.25, 0.3) is 11.3 Å². The van der Waals surface area contributed by atoms with Gasteiger partial charge in [-0.25, -0.2) is 9.89 Å². The molecule has 1 fully saturated rings. The van der Waals surface area contributed by atoms with Crippen LogP contribution in [0.15, 0.2) is 41.5 Å². The molecule has 0 saturated carbocycles. The first-order valence-electron chi connectivity index (χ1n) is 9.99. The highest BCUT2D eigenvalue weighted by molar-refractivity contribution is 5.95. The number of fused-ring (bicyclic) bond motifs is 1. The molecular weight excluding hydrogens is 429 g/mol. The summed E-state index contributed by atoms with van der Waals surface area (Å²) in [5, 5.41) is 6.30. The van der Waals surface area contributed by atoms with Gasteiger partial charge >= 0.3 is 12.3 Å². The number of piperidine rings is 1. The maximum atomic E-state index is 12.3. The van der Waals surface area contributed by atoms with Gasteiger partial charge in [-0.2, -0.15) is 5.10 Å². The average molecular weight is 450 g/mol. The number of hydrogen-bond donors (Lipinski definition) is 1. The van der Waals surface area contributed by atoms with Crippen molar-refractivity contribution < 1.29 is 27.4 Å². The molecule has 0 atom stereocenters. The number of methoxy groups -OCH3 is 1. The second-order valence-electron chi connectivity index (χ2n) is 7.62. The molecule has 3 heterocycles. The summed E-state index contributed by atoms with van der Waals surface area (Å²) in [5.41, 5.74) is 1.36. The standard InChI is InChI=1S/C21H21F3N4O4/c1-31-20(30)17-12-28(11-16-18(17)25-26-19(16)29)14-6-8-27(9-7-14)10-13-2-4-15(5-3-13)32-21(22,23)24/h2-5,11-12,14H,6-10H2,1H3,(H,26,29). The molecule has 1 N–H and O–H groups in total. The van der Waals surface area contributed by atoms with Crippen molar-refractivity contribution in [1.82, 2.24) is 19.7 Å². The van der Waals surface area contributed by atoms with Gasteiger partial charge in [0.25, 0.3) is 5.56 Å². The van der Waals surface area contributed by atoms with Gasteiger partial charge in [-0.1, -0.05) is 12.1 Å². The van der Waals surface area contributed by atoms with Crippen LogP contribution >= 0.6 is 0 Å². The Balaban J connectivity index is 1.42. The minimum absolute atomic E-state index is 0.0796. The van der Waals surface area contributed by atoms with E-state index in [2.05, 4.69) is 19.8 Å². The summed E-state index contributed by atoms with van der Waals surface area (Å²) in [4.78, 5) is 26.4. The Morgan fingerprint density at radius 3 is 2.50 bits per heavy atom. The number of likely N-dealkylation sites (tertiary alicyclic amines) is 1. The highest BCUT2D eigenvalue weighted by atomic mass is 19.4. The van der Waals surface area contributed by atoms with E-state index in [0.29, 0.717) is 12.1 Å². The lowest BCUT2D eigenvalue weighted by molar-refractivity contribution is -0.274. The Bertz CT molecular complexity index is 1120. The van der Waals surface area contributed by atoms with Crippen molar-refractivity contribution >= 4 is 5.97 Å². The van der Waals surface area contributed by atoms with Gasteiger partial charge in [0, 0.05) is 38.1 Å². The fraction of sp³-hybridized carbons (Fsp3) is 0.381. The Kier molecular flexibility index (Phi) is 5.92. The molecule has 0 aliphatic carbocycles. The molecule has 170 valence electrons. The van der Waals surface area contributed by atoms with Crippen LogP contribution in [-0.4, -0.2) is 52.2 Å². The molecule has 0 unspecified atom stereocenters. The third-order valence-corrected chi connectivity index (χ3v) is 5.53. The maximum absolute atomic E-state index is 12.3. The number of H-pyrrole nitrogens is 1. The molecule has 11 heteroatoms. The normalized spacial score (nSPS) is 15.8. The highest BCUT2D eigenvalue weighted by Gasteiger charge is 2.31. The summed E-state index contributed by atoms with van der Waals surface area (Å²) in [7, 11) is 1.27. The monoisotopic (exact) mass is 450 g/mol. The van der Waals surface area contributed by atoms with E-state index in [0.717, 1.165) is 31.5 Å². The molecule has 0 spiro atoms. The lowest BCUT2D eigenvalue weighted by atomic mass is 10.0. The number of ether oxygens (including phenoxy) is 2. The molecule has 0 radical (unpaired) electrons.